The van der Waals surface area contributed by atoms with Crippen molar-refractivity contribution in [2.45, 2.75) is 20.0 Å². The molecule has 0 aliphatic rings. The second-order valence-electron chi connectivity index (χ2n) is 5.30. The normalized spacial score (nSPS) is 11.2. The molecule has 7 heteroatoms. The van der Waals surface area contributed by atoms with E-state index in [1.807, 2.05) is 12.1 Å². The van der Waals surface area contributed by atoms with Gasteiger partial charge in [-0.05, 0) is 36.1 Å². The van der Waals surface area contributed by atoms with E-state index in [0.717, 1.165) is 18.1 Å². The van der Waals surface area contributed by atoms with Crippen molar-refractivity contribution < 1.29 is 14.2 Å². The Balaban J connectivity index is 2.05. The minimum atomic E-state index is 0.548. The molecule has 0 spiro atoms. The highest BCUT2D eigenvalue weighted by molar-refractivity contribution is 7.10. The predicted octanol–water partition coefficient (Wildman–Crippen LogP) is 2.95. The third-order valence-corrected chi connectivity index (χ3v) is 4.86. The van der Waals surface area contributed by atoms with Crippen molar-refractivity contribution >= 4 is 17.3 Å². The summed E-state index contributed by atoms with van der Waals surface area (Å²) >= 11 is 1.74. The molecule has 2 aromatic rings. The van der Waals surface area contributed by atoms with Crippen LogP contribution in [0, 0.1) is 6.92 Å². The second kappa shape index (κ2) is 9.17. The van der Waals surface area contributed by atoms with Crippen LogP contribution in [0.5, 0.6) is 17.2 Å². The Morgan fingerprint density at radius 2 is 1.72 bits per heavy atom. The summed E-state index contributed by atoms with van der Waals surface area (Å²) in [6.45, 7) is 3.40. The highest BCUT2D eigenvalue weighted by Crippen LogP contribution is 2.39. The Morgan fingerprint density at radius 3 is 2.28 bits per heavy atom. The average molecular weight is 363 g/mol. The van der Waals surface area contributed by atoms with E-state index < -0.39 is 0 Å². The predicted molar refractivity (Wildman–Crippen MR) is 102 cm³/mol. The number of rotatable bonds is 7. The SMILES string of the molecule is CN=C(NCc1ccc(OC)c(OC)c1OC)NCc1sccc1C. The molecule has 0 unspecified atom stereocenters. The van der Waals surface area contributed by atoms with Crippen LogP contribution in [0.25, 0.3) is 0 Å². The molecule has 0 saturated heterocycles. The van der Waals surface area contributed by atoms with E-state index >= 15 is 0 Å². The topological polar surface area (TPSA) is 64.1 Å². The molecule has 0 radical (unpaired) electrons. The molecule has 0 aliphatic carbocycles. The quantitative estimate of drug-likeness (QED) is 0.585. The van der Waals surface area contributed by atoms with E-state index in [0.29, 0.717) is 23.8 Å². The van der Waals surface area contributed by atoms with Gasteiger partial charge in [0.05, 0.1) is 27.9 Å². The van der Waals surface area contributed by atoms with Gasteiger partial charge in [-0.3, -0.25) is 4.99 Å². The first-order chi connectivity index (χ1) is 12.1. The van der Waals surface area contributed by atoms with Gasteiger partial charge in [-0.1, -0.05) is 0 Å². The fourth-order valence-corrected chi connectivity index (χ4v) is 3.30. The molecule has 2 N–H and O–H groups in total. The average Bonchev–Trinajstić information content (AvgIpc) is 3.05. The van der Waals surface area contributed by atoms with E-state index in [4.69, 9.17) is 14.2 Å². The Bertz CT molecular complexity index is 728. The molecule has 0 saturated carbocycles. The number of aryl methyl sites for hydroxylation is 1. The van der Waals surface area contributed by atoms with Crippen molar-refractivity contribution in [3.63, 3.8) is 0 Å². The monoisotopic (exact) mass is 363 g/mol. The summed E-state index contributed by atoms with van der Waals surface area (Å²) in [7, 11) is 6.57. The molecule has 0 fully saturated rings. The maximum atomic E-state index is 5.51. The summed E-state index contributed by atoms with van der Waals surface area (Å²) in [6, 6.07) is 5.93. The lowest BCUT2D eigenvalue weighted by atomic mass is 10.1. The zero-order valence-electron chi connectivity index (χ0n) is 15.3. The lowest BCUT2D eigenvalue weighted by Crippen LogP contribution is -2.36. The summed E-state index contributed by atoms with van der Waals surface area (Å²) in [6.07, 6.45) is 0. The Morgan fingerprint density at radius 1 is 1.00 bits per heavy atom. The van der Waals surface area contributed by atoms with E-state index in [-0.39, 0.29) is 0 Å². The fraction of sp³-hybridized carbons (Fsp3) is 0.389. The molecule has 0 atom stereocenters. The van der Waals surface area contributed by atoms with Crippen molar-refractivity contribution in [2.75, 3.05) is 28.4 Å². The molecule has 0 bridgehead atoms. The molecule has 1 aromatic carbocycles. The zero-order chi connectivity index (χ0) is 18.2. The van der Waals surface area contributed by atoms with Crippen LogP contribution in [0.1, 0.15) is 16.0 Å². The van der Waals surface area contributed by atoms with Gasteiger partial charge in [0, 0.05) is 24.0 Å². The molecule has 0 aliphatic heterocycles. The number of guanidine groups is 1. The van der Waals surface area contributed by atoms with Gasteiger partial charge < -0.3 is 24.8 Å². The fourth-order valence-electron chi connectivity index (χ4n) is 2.45. The third-order valence-electron chi connectivity index (χ3n) is 3.84. The van der Waals surface area contributed by atoms with E-state index in [1.165, 1.54) is 10.4 Å². The van der Waals surface area contributed by atoms with Gasteiger partial charge >= 0.3 is 0 Å². The largest absolute Gasteiger partial charge is 0.493 e. The highest BCUT2D eigenvalue weighted by atomic mass is 32.1. The number of thiophene rings is 1. The van der Waals surface area contributed by atoms with Gasteiger partial charge in [-0.2, -0.15) is 0 Å². The molecule has 25 heavy (non-hydrogen) atoms. The number of nitrogens with zero attached hydrogens (tertiary/aromatic N) is 1. The standard InChI is InChI=1S/C18H25N3O3S/c1-12-8-9-25-15(12)11-21-18(19-2)20-10-13-6-7-14(22-3)17(24-5)16(13)23-4/h6-9H,10-11H2,1-5H3,(H2,19,20,21). The maximum Gasteiger partial charge on any atom is 0.203 e. The van der Waals surface area contributed by atoms with Crippen LogP contribution in [0.2, 0.25) is 0 Å². The van der Waals surface area contributed by atoms with Crippen LogP contribution < -0.4 is 24.8 Å². The molecule has 1 heterocycles. The van der Waals surface area contributed by atoms with E-state index in [2.05, 4.69) is 34.0 Å². The number of nitrogens with one attached hydrogen (secondary N) is 2. The molecule has 6 nitrogen and oxygen atoms in total. The third kappa shape index (κ3) is 4.57. The summed E-state index contributed by atoms with van der Waals surface area (Å²) in [4.78, 5) is 5.56. The number of hydrogen-bond acceptors (Lipinski definition) is 5. The van der Waals surface area contributed by atoms with Crippen LogP contribution >= 0.6 is 11.3 Å². The Labute approximate surface area is 152 Å². The van der Waals surface area contributed by atoms with Crippen molar-refractivity contribution in [1.82, 2.24) is 10.6 Å². The minimum absolute atomic E-state index is 0.548. The highest BCUT2D eigenvalue weighted by Gasteiger charge is 2.15. The van der Waals surface area contributed by atoms with Gasteiger partial charge in [-0.15, -0.1) is 11.3 Å². The van der Waals surface area contributed by atoms with Gasteiger partial charge in [0.1, 0.15) is 0 Å². The molecule has 0 amide bonds. The summed E-state index contributed by atoms with van der Waals surface area (Å²) in [5.74, 6) is 2.60. The molecule has 2 rings (SSSR count). The van der Waals surface area contributed by atoms with Crippen LogP contribution in [0.15, 0.2) is 28.6 Å². The number of methoxy groups -OCH3 is 3. The van der Waals surface area contributed by atoms with E-state index in [1.54, 1.807) is 39.7 Å². The first-order valence-electron chi connectivity index (χ1n) is 7.89. The first kappa shape index (κ1) is 18.9. The summed E-state index contributed by atoms with van der Waals surface area (Å²) in [5, 5.41) is 8.72. The molecule has 136 valence electrons. The summed E-state index contributed by atoms with van der Waals surface area (Å²) in [5.41, 5.74) is 2.24. The van der Waals surface area contributed by atoms with E-state index in [9.17, 15) is 0 Å². The number of aliphatic imine (C=N–C) groups is 1. The Kier molecular flexibility index (Phi) is 6.94. The van der Waals surface area contributed by atoms with Gasteiger partial charge in [0.15, 0.2) is 17.5 Å². The molecule has 1 aromatic heterocycles. The van der Waals surface area contributed by atoms with Crippen LogP contribution in [-0.2, 0) is 13.1 Å². The minimum Gasteiger partial charge on any atom is -0.493 e. The Hall–Kier alpha value is -2.41. The first-order valence-corrected chi connectivity index (χ1v) is 8.77. The number of benzene rings is 1. The van der Waals surface area contributed by atoms with Crippen LogP contribution in [0.4, 0.5) is 0 Å². The van der Waals surface area contributed by atoms with Crippen LogP contribution in [0.3, 0.4) is 0 Å². The number of hydrogen-bond donors (Lipinski definition) is 2. The van der Waals surface area contributed by atoms with Gasteiger partial charge in [0.2, 0.25) is 5.75 Å². The van der Waals surface area contributed by atoms with Crippen molar-refractivity contribution in [3.8, 4) is 17.2 Å². The van der Waals surface area contributed by atoms with Gasteiger partial charge in [0.25, 0.3) is 0 Å². The lowest BCUT2D eigenvalue weighted by Gasteiger charge is -2.17. The smallest absolute Gasteiger partial charge is 0.203 e. The zero-order valence-corrected chi connectivity index (χ0v) is 16.1. The second-order valence-corrected chi connectivity index (χ2v) is 6.30. The van der Waals surface area contributed by atoms with Crippen molar-refractivity contribution in [3.05, 3.63) is 39.6 Å². The lowest BCUT2D eigenvalue weighted by molar-refractivity contribution is 0.322. The maximum absolute atomic E-state index is 5.51. The van der Waals surface area contributed by atoms with Gasteiger partial charge in [-0.25, -0.2) is 0 Å². The van der Waals surface area contributed by atoms with Crippen molar-refractivity contribution in [2.24, 2.45) is 4.99 Å². The molecular weight excluding hydrogens is 338 g/mol. The molecular formula is C18H25N3O3S. The summed E-state index contributed by atoms with van der Waals surface area (Å²) < 4.78 is 16.2. The number of ether oxygens (including phenoxy) is 3. The van der Waals surface area contributed by atoms with Crippen LogP contribution in [-0.4, -0.2) is 34.3 Å². The van der Waals surface area contributed by atoms with Crippen molar-refractivity contribution in [1.29, 1.82) is 0 Å².